The Kier molecular flexibility index (Phi) is 8.33. The van der Waals surface area contributed by atoms with Crippen LogP contribution in [-0.4, -0.2) is 89.3 Å². The summed E-state index contributed by atoms with van der Waals surface area (Å²) in [5.74, 6) is 1.56. The van der Waals surface area contributed by atoms with Crippen LogP contribution in [0, 0.1) is 11.3 Å². The summed E-state index contributed by atoms with van der Waals surface area (Å²) in [5, 5.41) is 17.2. The van der Waals surface area contributed by atoms with Crippen LogP contribution in [0.3, 0.4) is 0 Å². The molecule has 218 valence electrons. The number of anilines is 1. The first-order valence-electron chi connectivity index (χ1n) is 14.2. The maximum Gasteiger partial charge on any atom is 0.408 e. The second kappa shape index (κ2) is 11.9. The summed E-state index contributed by atoms with van der Waals surface area (Å²) in [4.78, 5) is 21.7. The van der Waals surface area contributed by atoms with Gasteiger partial charge in [-0.1, -0.05) is 0 Å². The van der Waals surface area contributed by atoms with Crippen LogP contribution in [0.15, 0.2) is 36.8 Å². The number of nitrogens with zero attached hydrogens (tertiary/aromatic N) is 6. The van der Waals surface area contributed by atoms with Gasteiger partial charge < -0.3 is 24.4 Å². The van der Waals surface area contributed by atoms with Crippen LogP contribution in [0.2, 0.25) is 0 Å². The number of ether oxygens (including phenoxy) is 3. The molecule has 2 saturated heterocycles. The van der Waals surface area contributed by atoms with Gasteiger partial charge in [-0.2, -0.15) is 10.4 Å². The molecule has 2 fully saturated rings. The fraction of sp³-hybridized carbons (Fsp3) is 0.533. The molecule has 11 heteroatoms. The Labute approximate surface area is 241 Å². The van der Waals surface area contributed by atoms with E-state index in [0.29, 0.717) is 17.9 Å². The van der Waals surface area contributed by atoms with Crippen LogP contribution in [0.5, 0.6) is 5.75 Å². The van der Waals surface area contributed by atoms with Gasteiger partial charge in [0.2, 0.25) is 0 Å². The fourth-order valence-corrected chi connectivity index (χ4v) is 5.23. The number of amides is 1. The van der Waals surface area contributed by atoms with Crippen molar-refractivity contribution in [2.24, 2.45) is 0 Å². The lowest BCUT2D eigenvalue weighted by Gasteiger charge is -2.40. The van der Waals surface area contributed by atoms with Gasteiger partial charge in [-0.05, 0) is 58.7 Å². The minimum Gasteiger partial charge on any atom is -0.491 e. The van der Waals surface area contributed by atoms with E-state index in [1.54, 1.807) is 10.7 Å². The zero-order valence-corrected chi connectivity index (χ0v) is 24.4. The quantitative estimate of drug-likeness (QED) is 0.459. The zero-order valence-electron chi connectivity index (χ0n) is 24.4. The maximum absolute atomic E-state index is 12.3. The molecule has 2 aliphatic rings. The van der Waals surface area contributed by atoms with E-state index in [4.69, 9.17) is 19.2 Å². The standard InChI is InChI=1S/C30H39N7O4/c1-29(2,3)41-28(38)34-30(4)7-9-36(10-8-30)26-6-5-22(19-32-26)25-17-24(21-37-27(25)23(18-31)20-33-37)40-16-13-35-11-14-39-15-12-35/h5-6,17,19-21H,7-16H2,1-4H3,(H,34,38). The van der Waals surface area contributed by atoms with E-state index in [-0.39, 0.29) is 11.6 Å². The minimum absolute atomic E-state index is 0.331. The molecule has 0 aliphatic carbocycles. The number of hydrogen-bond acceptors (Lipinski definition) is 9. The number of fused-ring (bicyclic) bond motifs is 1. The average molecular weight is 562 g/mol. The highest BCUT2D eigenvalue weighted by Gasteiger charge is 2.33. The fourth-order valence-electron chi connectivity index (χ4n) is 5.23. The van der Waals surface area contributed by atoms with E-state index in [9.17, 15) is 10.1 Å². The Morgan fingerprint density at radius 1 is 1.17 bits per heavy atom. The number of rotatable bonds is 7. The van der Waals surface area contributed by atoms with E-state index >= 15 is 0 Å². The third-order valence-corrected chi connectivity index (χ3v) is 7.54. The van der Waals surface area contributed by atoms with Crippen molar-refractivity contribution >= 4 is 17.4 Å². The first-order chi connectivity index (χ1) is 19.6. The van der Waals surface area contributed by atoms with Crippen molar-refractivity contribution in [3.63, 3.8) is 0 Å². The van der Waals surface area contributed by atoms with Crippen LogP contribution >= 0.6 is 0 Å². The number of hydrogen-bond donors (Lipinski definition) is 1. The summed E-state index contributed by atoms with van der Waals surface area (Å²) >= 11 is 0. The number of nitrogens with one attached hydrogen (secondary N) is 1. The molecule has 1 N–H and O–H groups in total. The second-order valence-electron chi connectivity index (χ2n) is 11.9. The van der Waals surface area contributed by atoms with Crippen LogP contribution in [-0.2, 0) is 9.47 Å². The monoisotopic (exact) mass is 561 g/mol. The number of alkyl carbamates (subject to hydrolysis) is 1. The average Bonchev–Trinajstić information content (AvgIpc) is 3.36. The van der Waals surface area contributed by atoms with Gasteiger partial charge in [0.1, 0.15) is 29.8 Å². The third kappa shape index (κ3) is 7.07. The molecule has 0 atom stereocenters. The SMILES string of the molecule is CC1(NC(=O)OC(C)(C)C)CCN(c2ccc(-c3cc(OCCN4CCOCC4)cn4ncc(C#N)c34)cn2)CC1. The van der Waals surface area contributed by atoms with Crippen molar-refractivity contribution in [1.29, 1.82) is 5.26 Å². The predicted octanol–water partition coefficient (Wildman–Crippen LogP) is 3.86. The summed E-state index contributed by atoms with van der Waals surface area (Å²) in [6, 6.07) is 8.24. The molecule has 5 heterocycles. The first-order valence-corrected chi connectivity index (χ1v) is 14.2. The number of pyridine rings is 2. The summed E-state index contributed by atoms with van der Waals surface area (Å²) in [7, 11) is 0. The number of nitriles is 1. The van der Waals surface area contributed by atoms with Crippen LogP contribution in [0.4, 0.5) is 10.6 Å². The smallest absolute Gasteiger partial charge is 0.408 e. The van der Waals surface area contributed by atoms with Crippen molar-refractivity contribution < 1.29 is 19.0 Å². The number of morpholine rings is 1. The van der Waals surface area contributed by atoms with Crippen LogP contribution in [0.1, 0.15) is 46.1 Å². The molecule has 11 nitrogen and oxygen atoms in total. The zero-order chi connectivity index (χ0) is 29.0. The van der Waals surface area contributed by atoms with Crippen LogP contribution in [0.25, 0.3) is 16.6 Å². The molecule has 3 aromatic heterocycles. The molecule has 3 aromatic rings. The molecule has 1 amide bonds. The molecular formula is C30H39N7O4. The summed E-state index contributed by atoms with van der Waals surface area (Å²) in [6.45, 7) is 13.9. The van der Waals surface area contributed by atoms with E-state index in [1.807, 2.05) is 51.4 Å². The van der Waals surface area contributed by atoms with Crippen molar-refractivity contribution in [3.8, 4) is 22.9 Å². The molecular weight excluding hydrogens is 522 g/mol. The van der Waals surface area contributed by atoms with E-state index in [2.05, 4.69) is 33.2 Å². The summed E-state index contributed by atoms with van der Waals surface area (Å²) in [5.41, 5.74) is 2.08. The van der Waals surface area contributed by atoms with Crippen molar-refractivity contribution in [3.05, 3.63) is 42.4 Å². The van der Waals surface area contributed by atoms with Gasteiger partial charge in [0, 0.05) is 55.6 Å². The molecule has 0 aromatic carbocycles. The number of piperidine rings is 1. The minimum atomic E-state index is -0.530. The summed E-state index contributed by atoms with van der Waals surface area (Å²) < 4.78 is 18.7. The second-order valence-corrected chi connectivity index (χ2v) is 11.9. The molecule has 0 bridgehead atoms. The molecule has 0 radical (unpaired) electrons. The Balaban J connectivity index is 1.27. The van der Waals surface area contributed by atoms with Gasteiger partial charge in [0.25, 0.3) is 0 Å². The highest BCUT2D eigenvalue weighted by Crippen LogP contribution is 2.32. The van der Waals surface area contributed by atoms with Gasteiger partial charge in [-0.3, -0.25) is 4.90 Å². The van der Waals surface area contributed by atoms with Gasteiger partial charge in [0.05, 0.1) is 36.7 Å². The molecule has 2 aliphatic heterocycles. The topological polar surface area (TPSA) is 117 Å². The maximum atomic E-state index is 12.3. The molecule has 5 rings (SSSR count). The lowest BCUT2D eigenvalue weighted by Crippen LogP contribution is -2.54. The lowest BCUT2D eigenvalue weighted by atomic mass is 9.90. The predicted molar refractivity (Wildman–Crippen MR) is 155 cm³/mol. The largest absolute Gasteiger partial charge is 0.491 e. The number of carbonyl (C=O) groups excluding carboxylic acids is 1. The third-order valence-electron chi connectivity index (χ3n) is 7.54. The molecule has 41 heavy (non-hydrogen) atoms. The molecule has 0 saturated carbocycles. The van der Waals surface area contributed by atoms with E-state index in [0.717, 1.165) is 81.2 Å². The highest BCUT2D eigenvalue weighted by molar-refractivity contribution is 5.85. The Morgan fingerprint density at radius 3 is 2.59 bits per heavy atom. The van der Waals surface area contributed by atoms with Gasteiger partial charge in [-0.15, -0.1) is 0 Å². The molecule has 0 unspecified atom stereocenters. The number of carbonyl (C=O) groups is 1. The highest BCUT2D eigenvalue weighted by atomic mass is 16.6. The number of aromatic nitrogens is 3. The Hall–Kier alpha value is -3.88. The first kappa shape index (κ1) is 28.6. The van der Waals surface area contributed by atoms with E-state index in [1.165, 1.54) is 0 Å². The molecule has 0 spiro atoms. The van der Waals surface area contributed by atoms with Gasteiger partial charge >= 0.3 is 6.09 Å². The summed E-state index contributed by atoms with van der Waals surface area (Å²) in [6.07, 6.45) is 6.41. The van der Waals surface area contributed by atoms with Crippen LogP contribution < -0.4 is 15.0 Å². The normalized spacial score (nSPS) is 17.7. The van der Waals surface area contributed by atoms with Crippen molar-refractivity contribution in [2.75, 3.05) is 57.4 Å². The van der Waals surface area contributed by atoms with Gasteiger partial charge in [-0.25, -0.2) is 14.3 Å². The van der Waals surface area contributed by atoms with Crippen molar-refractivity contribution in [2.45, 2.75) is 51.7 Å². The van der Waals surface area contributed by atoms with Gasteiger partial charge in [0.15, 0.2) is 0 Å². The Bertz CT molecular complexity index is 1390. The Morgan fingerprint density at radius 2 is 1.93 bits per heavy atom. The van der Waals surface area contributed by atoms with Crippen molar-refractivity contribution in [1.82, 2.24) is 24.8 Å². The van der Waals surface area contributed by atoms with E-state index < -0.39 is 5.60 Å². The lowest BCUT2D eigenvalue weighted by molar-refractivity contribution is 0.0322.